The monoisotopic (exact) mass is 187 g/mol. The van der Waals surface area contributed by atoms with Gasteiger partial charge < -0.3 is 21.1 Å². The summed E-state index contributed by atoms with van der Waals surface area (Å²) < 4.78 is 5.29. The number of hydrogen-bond donors (Lipinski definition) is 3. The summed E-state index contributed by atoms with van der Waals surface area (Å²) in [4.78, 5) is 10.3. The Hall–Kier alpha value is -0.810. The molecule has 76 valence electrons. The van der Waals surface area contributed by atoms with E-state index < -0.39 is 6.03 Å². The molecule has 0 aromatic heterocycles. The lowest BCUT2D eigenvalue weighted by Gasteiger charge is -2.23. The number of carbonyl (C=O) groups is 1. The number of nitrogens with one attached hydrogen (secondary N) is 2. The number of urea groups is 1. The van der Waals surface area contributed by atoms with E-state index in [1.165, 1.54) is 0 Å². The van der Waals surface area contributed by atoms with Gasteiger partial charge in [-0.2, -0.15) is 0 Å². The minimum Gasteiger partial charge on any atom is -0.380 e. The smallest absolute Gasteiger partial charge is 0.312 e. The van der Waals surface area contributed by atoms with E-state index in [1.807, 2.05) is 0 Å². The van der Waals surface area contributed by atoms with E-state index in [1.54, 1.807) is 0 Å². The van der Waals surface area contributed by atoms with E-state index in [-0.39, 0.29) is 0 Å². The number of rotatable bonds is 4. The Balaban J connectivity index is 1.95. The van der Waals surface area contributed by atoms with Gasteiger partial charge in [-0.3, -0.25) is 0 Å². The predicted molar refractivity (Wildman–Crippen MR) is 49.4 cm³/mol. The van der Waals surface area contributed by atoms with Crippen LogP contribution in [0, 0.1) is 0 Å². The summed E-state index contributed by atoms with van der Waals surface area (Å²) in [7, 11) is 0. The van der Waals surface area contributed by atoms with Crippen molar-refractivity contribution in [2.75, 3.05) is 26.3 Å². The molecule has 13 heavy (non-hydrogen) atoms. The number of ether oxygens (including phenoxy) is 1. The van der Waals surface area contributed by atoms with Crippen molar-refractivity contribution >= 4 is 6.03 Å². The third-order valence-corrected chi connectivity index (χ3v) is 2.02. The molecule has 0 bridgehead atoms. The molecule has 5 heteroatoms. The minimum atomic E-state index is -0.471. The summed E-state index contributed by atoms with van der Waals surface area (Å²) in [5, 5.41) is 5.80. The van der Waals surface area contributed by atoms with E-state index in [0.29, 0.717) is 12.6 Å². The zero-order valence-corrected chi connectivity index (χ0v) is 7.71. The third-order valence-electron chi connectivity index (χ3n) is 2.02. The van der Waals surface area contributed by atoms with Gasteiger partial charge in [0.05, 0.1) is 6.61 Å². The number of nitrogens with two attached hydrogens (primary N) is 1. The Bertz CT molecular complexity index is 157. The fourth-order valence-corrected chi connectivity index (χ4v) is 1.36. The van der Waals surface area contributed by atoms with Crippen LogP contribution in [0.4, 0.5) is 4.79 Å². The molecular weight excluding hydrogens is 170 g/mol. The minimum absolute atomic E-state index is 0.434. The predicted octanol–water partition coefficient (Wildman–Crippen LogP) is -0.577. The summed E-state index contributed by atoms with van der Waals surface area (Å²) in [6, 6.07) is -0.0369. The Morgan fingerprint density at radius 3 is 3.00 bits per heavy atom. The summed E-state index contributed by atoms with van der Waals surface area (Å²) >= 11 is 0. The van der Waals surface area contributed by atoms with Crippen LogP contribution in [0.2, 0.25) is 0 Å². The summed E-state index contributed by atoms with van der Waals surface area (Å²) in [6.45, 7) is 2.97. The van der Waals surface area contributed by atoms with Crippen LogP contribution in [0.1, 0.15) is 12.8 Å². The fraction of sp³-hybridized carbons (Fsp3) is 0.875. The van der Waals surface area contributed by atoms with Crippen molar-refractivity contribution in [3.05, 3.63) is 0 Å². The van der Waals surface area contributed by atoms with Crippen LogP contribution in [0.3, 0.4) is 0 Å². The highest BCUT2D eigenvalue weighted by Crippen LogP contribution is 2.04. The molecule has 1 atom stereocenters. The second-order valence-corrected chi connectivity index (χ2v) is 3.16. The van der Waals surface area contributed by atoms with E-state index >= 15 is 0 Å². The van der Waals surface area contributed by atoms with Gasteiger partial charge in [-0.15, -0.1) is 0 Å². The number of carbonyl (C=O) groups excluding carboxylic acids is 1. The lowest BCUT2D eigenvalue weighted by Crippen LogP contribution is -2.42. The van der Waals surface area contributed by atoms with Gasteiger partial charge in [-0.05, 0) is 12.8 Å². The maximum absolute atomic E-state index is 10.3. The first-order valence-corrected chi connectivity index (χ1v) is 4.63. The van der Waals surface area contributed by atoms with Crippen molar-refractivity contribution < 1.29 is 9.53 Å². The molecule has 1 saturated heterocycles. The Labute approximate surface area is 78.0 Å². The third kappa shape index (κ3) is 4.69. The van der Waals surface area contributed by atoms with Crippen LogP contribution in [0.25, 0.3) is 0 Å². The standard InChI is InChI=1S/C8H17N3O2/c9-8(12)11-4-3-10-7-2-1-5-13-6-7/h7,10H,1-6H2,(H3,9,11,12). The molecule has 1 fully saturated rings. The second-order valence-electron chi connectivity index (χ2n) is 3.16. The molecule has 2 amide bonds. The highest BCUT2D eigenvalue weighted by molar-refractivity contribution is 5.71. The van der Waals surface area contributed by atoms with Crippen molar-refractivity contribution in [3.63, 3.8) is 0 Å². The number of amides is 2. The lowest BCUT2D eigenvalue weighted by molar-refractivity contribution is 0.0708. The van der Waals surface area contributed by atoms with Gasteiger partial charge in [0.1, 0.15) is 0 Å². The SMILES string of the molecule is NC(=O)NCCNC1CCCOC1. The lowest BCUT2D eigenvalue weighted by atomic mass is 10.1. The van der Waals surface area contributed by atoms with Crippen molar-refractivity contribution in [2.45, 2.75) is 18.9 Å². The molecule has 5 nitrogen and oxygen atoms in total. The first-order chi connectivity index (χ1) is 6.29. The van der Waals surface area contributed by atoms with Crippen LogP contribution in [-0.2, 0) is 4.74 Å². The molecule has 0 saturated carbocycles. The summed E-state index contributed by atoms with van der Waals surface area (Å²) in [6.07, 6.45) is 2.26. The first-order valence-electron chi connectivity index (χ1n) is 4.63. The van der Waals surface area contributed by atoms with Gasteiger partial charge in [0, 0.05) is 25.7 Å². The molecule has 0 radical (unpaired) electrons. The molecule has 0 aromatic rings. The summed E-state index contributed by atoms with van der Waals surface area (Å²) in [5.74, 6) is 0. The van der Waals surface area contributed by atoms with E-state index in [9.17, 15) is 4.79 Å². The van der Waals surface area contributed by atoms with Gasteiger partial charge in [0.25, 0.3) is 0 Å². The molecule has 1 aliphatic heterocycles. The fourth-order valence-electron chi connectivity index (χ4n) is 1.36. The van der Waals surface area contributed by atoms with Crippen LogP contribution >= 0.6 is 0 Å². The van der Waals surface area contributed by atoms with Crippen molar-refractivity contribution in [1.82, 2.24) is 10.6 Å². The quantitative estimate of drug-likeness (QED) is 0.515. The molecule has 1 unspecified atom stereocenters. The van der Waals surface area contributed by atoms with Crippen molar-refractivity contribution in [2.24, 2.45) is 5.73 Å². The molecule has 0 spiro atoms. The second kappa shape index (κ2) is 5.77. The topological polar surface area (TPSA) is 76.4 Å². The Morgan fingerprint density at radius 1 is 1.54 bits per heavy atom. The van der Waals surface area contributed by atoms with Gasteiger partial charge >= 0.3 is 6.03 Å². The highest BCUT2D eigenvalue weighted by Gasteiger charge is 2.11. The van der Waals surface area contributed by atoms with E-state index in [0.717, 1.165) is 32.6 Å². The van der Waals surface area contributed by atoms with E-state index in [2.05, 4.69) is 10.6 Å². The highest BCUT2D eigenvalue weighted by atomic mass is 16.5. The van der Waals surface area contributed by atoms with Crippen LogP contribution in [-0.4, -0.2) is 38.4 Å². The zero-order chi connectivity index (χ0) is 9.52. The zero-order valence-electron chi connectivity index (χ0n) is 7.71. The molecule has 0 aliphatic carbocycles. The maximum Gasteiger partial charge on any atom is 0.312 e. The number of hydrogen-bond acceptors (Lipinski definition) is 3. The van der Waals surface area contributed by atoms with Crippen LogP contribution in [0.5, 0.6) is 0 Å². The Morgan fingerprint density at radius 2 is 2.38 bits per heavy atom. The maximum atomic E-state index is 10.3. The van der Waals surface area contributed by atoms with Crippen LogP contribution in [0.15, 0.2) is 0 Å². The largest absolute Gasteiger partial charge is 0.380 e. The molecule has 4 N–H and O–H groups in total. The molecule has 1 rings (SSSR count). The van der Waals surface area contributed by atoms with Crippen molar-refractivity contribution in [1.29, 1.82) is 0 Å². The normalized spacial score (nSPS) is 22.6. The van der Waals surface area contributed by atoms with Gasteiger partial charge in [-0.1, -0.05) is 0 Å². The summed E-state index contributed by atoms with van der Waals surface area (Å²) in [5.41, 5.74) is 4.91. The van der Waals surface area contributed by atoms with Gasteiger partial charge in [0.2, 0.25) is 0 Å². The molecule has 1 aliphatic rings. The Kier molecular flexibility index (Phi) is 4.56. The van der Waals surface area contributed by atoms with E-state index in [4.69, 9.17) is 10.5 Å². The van der Waals surface area contributed by atoms with Crippen LogP contribution < -0.4 is 16.4 Å². The molecular formula is C8H17N3O2. The first kappa shape index (κ1) is 10.3. The molecule has 1 heterocycles. The molecule has 0 aromatic carbocycles. The van der Waals surface area contributed by atoms with Crippen molar-refractivity contribution in [3.8, 4) is 0 Å². The average molecular weight is 187 g/mol. The van der Waals surface area contributed by atoms with Gasteiger partial charge in [-0.25, -0.2) is 4.79 Å². The average Bonchev–Trinajstić information content (AvgIpc) is 2.14. The van der Waals surface area contributed by atoms with Gasteiger partial charge in [0.15, 0.2) is 0 Å². The number of primary amides is 1.